The zero-order chi connectivity index (χ0) is 24.5. The Bertz CT molecular complexity index is 1420. The van der Waals surface area contributed by atoms with Crippen LogP contribution in [0.2, 0.25) is 0 Å². The first-order chi connectivity index (χ1) is 17.0. The molecule has 1 saturated heterocycles. The molecule has 2 amide bonds. The second-order valence-corrected chi connectivity index (χ2v) is 8.79. The van der Waals surface area contributed by atoms with Crippen LogP contribution in [0.3, 0.4) is 0 Å². The molecule has 8 heteroatoms. The van der Waals surface area contributed by atoms with Crippen molar-refractivity contribution in [2.75, 3.05) is 46.4 Å². The van der Waals surface area contributed by atoms with Crippen molar-refractivity contribution in [2.45, 2.75) is 0 Å². The number of ether oxygens (including phenoxy) is 1. The normalized spacial score (nSPS) is 14.5. The number of fused-ring (bicyclic) bond motifs is 3. The number of carbonyl (C=O) groups is 2. The number of methoxy groups -OCH3 is 1. The van der Waals surface area contributed by atoms with Crippen LogP contribution in [0, 0.1) is 0 Å². The third-order valence-corrected chi connectivity index (χ3v) is 6.70. The summed E-state index contributed by atoms with van der Waals surface area (Å²) in [5.41, 5.74) is 9.93. The molecular weight excluding hydrogens is 444 g/mol. The Morgan fingerprint density at radius 1 is 1.00 bits per heavy atom. The van der Waals surface area contributed by atoms with Crippen LogP contribution in [-0.4, -0.2) is 78.1 Å². The van der Waals surface area contributed by atoms with Gasteiger partial charge in [-0.25, -0.2) is 0 Å². The first kappa shape index (κ1) is 22.9. The van der Waals surface area contributed by atoms with Crippen LogP contribution in [0.25, 0.3) is 32.9 Å². The number of aromatic nitrogens is 1. The van der Waals surface area contributed by atoms with E-state index in [1.807, 2.05) is 53.4 Å². The Hall–Kier alpha value is -3.88. The van der Waals surface area contributed by atoms with Gasteiger partial charge in [0.25, 0.3) is 11.8 Å². The fourth-order valence-electron chi connectivity index (χ4n) is 4.80. The third kappa shape index (κ3) is 4.34. The third-order valence-electron chi connectivity index (χ3n) is 6.70. The van der Waals surface area contributed by atoms with E-state index < -0.39 is 5.91 Å². The number of rotatable bonds is 6. The van der Waals surface area contributed by atoms with Gasteiger partial charge in [0.05, 0.1) is 24.8 Å². The molecule has 1 fully saturated rings. The highest BCUT2D eigenvalue weighted by atomic mass is 16.5. The zero-order valence-electron chi connectivity index (χ0n) is 19.6. The number of aromatic amines is 1. The Kier molecular flexibility index (Phi) is 6.15. The first-order valence-electron chi connectivity index (χ1n) is 11.6. The second kappa shape index (κ2) is 9.40. The maximum atomic E-state index is 13.2. The van der Waals surface area contributed by atoms with Crippen molar-refractivity contribution < 1.29 is 19.4 Å². The molecule has 0 radical (unpaired) electrons. The van der Waals surface area contributed by atoms with Gasteiger partial charge in [-0.3, -0.25) is 14.5 Å². The number of aliphatic hydroxyl groups is 1. The number of nitrogens with zero attached hydrogens (tertiary/aromatic N) is 2. The van der Waals surface area contributed by atoms with Crippen molar-refractivity contribution in [1.82, 2.24) is 14.8 Å². The number of nitrogens with two attached hydrogens (primary N) is 1. The van der Waals surface area contributed by atoms with Crippen LogP contribution in [-0.2, 0) is 0 Å². The van der Waals surface area contributed by atoms with Gasteiger partial charge < -0.3 is 25.5 Å². The molecule has 0 aliphatic carbocycles. The molecule has 2 heterocycles. The molecule has 1 aromatic heterocycles. The lowest BCUT2D eigenvalue weighted by atomic mass is 9.98. The van der Waals surface area contributed by atoms with Crippen molar-refractivity contribution in [1.29, 1.82) is 0 Å². The lowest BCUT2D eigenvalue weighted by molar-refractivity contribution is 0.0615. The summed E-state index contributed by atoms with van der Waals surface area (Å²) < 4.78 is 5.35. The lowest BCUT2D eigenvalue weighted by Gasteiger charge is -2.34. The standard InChI is InChI=1S/C27H28N4O4/c1-35-20-4-2-3-17(13-20)19-14-22-21-6-5-18(16-24(21)29-25(22)23(15-19)26(28)33)27(34)31-9-7-30(8-10-31)11-12-32/h2-6,13-16,29,32H,7-12H2,1H3,(H2,28,33). The highest BCUT2D eigenvalue weighted by molar-refractivity contribution is 6.17. The maximum Gasteiger partial charge on any atom is 0.254 e. The Morgan fingerprint density at radius 3 is 2.51 bits per heavy atom. The van der Waals surface area contributed by atoms with Gasteiger partial charge in [-0.15, -0.1) is 0 Å². The van der Waals surface area contributed by atoms with Gasteiger partial charge in [0.2, 0.25) is 0 Å². The molecular formula is C27H28N4O4. The molecule has 5 rings (SSSR count). The molecule has 4 aromatic rings. The minimum absolute atomic E-state index is 0.0265. The van der Waals surface area contributed by atoms with E-state index >= 15 is 0 Å². The number of β-amino-alcohol motifs (C(OH)–C–C–N with tert-alkyl or cyclic N) is 1. The number of aliphatic hydroxyl groups excluding tert-OH is 1. The zero-order valence-corrected chi connectivity index (χ0v) is 19.6. The number of nitrogens with one attached hydrogen (secondary N) is 1. The van der Waals surface area contributed by atoms with Crippen LogP contribution >= 0.6 is 0 Å². The number of amides is 2. The molecule has 0 bridgehead atoms. The van der Waals surface area contributed by atoms with Gasteiger partial charge in [0.15, 0.2) is 0 Å². The molecule has 0 saturated carbocycles. The van der Waals surface area contributed by atoms with Crippen LogP contribution in [0.1, 0.15) is 20.7 Å². The number of hydrogen-bond acceptors (Lipinski definition) is 5. The average molecular weight is 473 g/mol. The minimum atomic E-state index is -0.525. The highest BCUT2D eigenvalue weighted by Gasteiger charge is 2.23. The molecule has 4 N–H and O–H groups in total. The summed E-state index contributed by atoms with van der Waals surface area (Å²) >= 11 is 0. The Morgan fingerprint density at radius 2 is 1.80 bits per heavy atom. The largest absolute Gasteiger partial charge is 0.497 e. The van der Waals surface area contributed by atoms with E-state index in [9.17, 15) is 9.59 Å². The van der Waals surface area contributed by atoms with Gasteiger partial charge in [-0.1, -0.05) is 18.2 Å². The summed E-state index contributed by atoms with van der Waals surface area (Å²) in [7, 11) is 1.62. The Balaban J connectivity index is 1.53. The van der Waals surface area contributed by atoms with E-state index in [-0.39, 0.29) is 12.5 Å². The van der Waals surface area contributed by atoms with Crippen LogP contribution in [0.15, 0.2) is 54.6 Å². The van der Waals surface area contributed by atoms with E-state index in [0.717, 1.165) is 46.3 Å². The fourth-order valence-corrected chi connectivity index (χ4v) is 4.80. The minimum Gasteiger partial charge on any atom is -0.497 e. The summed E-state index contributed by atoms with van der Waals surface area (Å²) in [6, 6.07) is 17.0. The SMILES string of the molecule is COc1cccc(-c2cc(C(N)=O)c3[nH]c4cc(C(=O)N5CCN(CCO)CC5)ccc4c3c2)c1. The summed E-state index contributed by atoms with van der Waals surface area (Å²) in [5.74, 6) is 0.173. The fraction of sp³-hybridized carbons (Fsp3) is 0.259. The number of hydrogen-bond donors (Lipinski definition) is 3. The smallest absolute Gasteiger partial charge is 0.254 e. The van der Waals surface area contributed by atoms with E-state index in [1.54, 1.807) is 13.2 Å². The molecule has 180 valence electrons. The van der Waals surface area contributed by atoms with Gasteiger partial charge in [-0.05, 0) is 47.5 Å². The highest BCUT2D eigenvalue weighted by Crippen LogP contribution is 2.34. The van der Waals surface area contributed by atoms with Crippen molar-refractivity contribution in [2.24, 2.45) is 5.73 Å². The molecule has 8 nitrogen and oxygen atoms in total. The van der Waals surface area contributed by atoms with Crippen molar-refractivity contribution >= 4 is 33.6 Å². The topological polar surface area (TPSA) is 112 Å². The molecule has 3 aromatic carbocycles. The van der Waals surface area contributed by atoms with Gasteiger partial charge in [-0.2, -0.15) is 0 Å². The van der Waals surface area contributed by atoms with Crippen molar-refractivity contribution in [3.05, 3.63) is 65.7 Å². The predicted molar refractivity (Wildman–Crippen MR) is 136 cm³/mol. The number of piperazine rings is 1. The quantitative estimate of drug-likeness (QED) is 0.400. The average Bonchev–Trinajstić information content (AvgIpc) is 3.26. The van der Waals surface area contributed by atoms with Gasteiger partial charge in [0.1, 0.15) is 5.75 Å². The van der Waals surface area contributed by atoms with E-state index in [0.29, 0.717) is 36.3 Å². The van der Waals surface area contributed by atoms with E-state index in [2.05, 4.69) is 9.88 Å². The second-order valence-electron chi connectivity index (χ2n) is 8.79. The lowest BCUT2D eigenvalue weighted by Crippen LogP contribution is -2.49. The first-order valence-corrected chi connectivity index (χ1v) is 11.6. The molecule has 1 aliphatic heterocycles. The van der Waals surface area contributed by atoms with Crippen LogP contribution in [0.5, 0.6) is 5.75 Å². The summed E-state index contributed by atoms with van der Waals surface area (Å²) in [6.07, 6.45) is 0. The molecule has 35 heavy (non-hydrogen) atoms. The Labute approximate surface area is 202 Å². The number of primary amides is 1. The summed E-state index contributed by atoms with van der Waals surface area (Å²) in [6.45, 7) is 3.49. The van der Waals surface area contributed by atoms with Crippen molar-refractivity contribution in [3.8, 4) is 16.9 Å². The van der Waals surface area contributed by atoms with Gasteiger partial charge >= 0.3 is 0 Å². The summed E-state index contributed by atoms with van der Waals surface area (Å²) in [5, 5.41) is 10.9. The summed E-state index contributed by atoms with van der Waals surface area (Å²) in [4.78, 5) is 32.8. The van der Waals surface area contributed by atoms with Gasteiger partial charge in [0, 0.05) is 54.6 Å². The van der Waals surface area contributed by atoms with E-state index in [4.69, 9.17) is 15.6 Å². The van der Waals surface area contributed by atoms with Crippen LogP contribution in [0.4, 0.5) is 0 Å². The number of H-pyrrole nitrogens is 1. The monoisotopic (exact) mass is 472 g/mol. The molecule has 0 unspecified atom stereocenters. The predicted octanol–water partition coefficient (Wildman–Crippen LogP) is 2.85. The van der Waals surface area contributed by atoms with E-state index in [1.165, 1.54) is 0 Å². The number of benzene rings is 3. The molecule has 0 atom stereocenters. The molecule has 0 spiro atoms. The number of carbonyl (C=O) groups excluding carboxylic acids is 2. The van der Waals surface area contributed by atoms with Crippen molar-refractivity contribution in [3.63, 3.8) is 0 Å². The maximum absolute atomic E-state index is 13.2. The van der Waals surface area contributed by atoms with Crippen LogP contribution < -0.4 is 10.5 Å². The molecule has 1 aliphatic rings.